The number of aliphatic carboxylic acids is 1. The number of para-hydroxylation sites is 1. The van der Waals surface area contributed by atoms with Gasteiger partial charge in [0.15, 0.2) is 0 Å². The van der Waals surface area contributed by atoms with Gasteiger partial charge in [-0.3, -0.25) is 24.0 Å². The van der Waals surface area contributed by atoms with E-state index in [9.17, 15) is 33.9 Å². The molecule has 0 bridgehead atoms. The Morgan fingerprint density at radius 1 is 0.897 bits per heavy atom. The Balaban J connectivity index is 2.16. The summed E-state index contributed by atoms with van der Waals surface area (Å²) in [6, 6.07) is 2.19. The van der Waals surface area contributed by atoms with Crippen molar-refractivity contribution in [1.29, 1.82) is 0 Å². The van der Waals surface area contributed by atoms with E-state index in [0.29, 0.717) is 0 Å². The van der Waals surface area contributed by atoms with E-state index in [2.05, 4.69) is 20.9 Å². The normalized spacial score (nSPS) is 14.2. The molecule has 0 aliphatic rings. The van der Waals surface area contributed by atoms with E-state index < -0.39 is 72.0 Å². The first-order valence-electron chi connectivity index (χ1n) is 12.3. The van der Waals surface area contributed by atoms with Crippen molar-refractivity contribution in [2.24, 2.45) is 23.1 Å². The molecule has 4 atom stereocenters. The van der Waals surface area contributed by atoms with E-state index in [-0.39, 0.29) is 19.3 Å². The van der Waals surface area contributed by atoms with Crippen molar-refractivity contribution in [1.82, 2.24) is 20.9 Å². The molecule has 11 N–H and O–H groups in total. The van der Waals surface area contributed by atoms with Gasteiger partial charge in [-0.2, -0.15) is 0 Å². The second-order valence-corrected chi connectivity index (χ2v) is 9.54. The number of amides is 5. The fourth-order valence-corrected chi connectivity index (χ4v) is 3.91. The molecule has 0 radical (unpaired) electrons. The van der Waals surface area contributed by atoms with Crippen LogP contribution < -0.4 is 33.2 Å². The maximum atomic E-state index is 13.1. The molecule has 0 saturated carbocycles. The zero-order valence-corrected chi connectivity index (χ0v) is 21.7. The summed E-state index contributed by atoms with van der Waals surface area (Å²) < 4.78 is 0. The second-order valence-electron chi connectivity index (χ2n) is 9.54. The fraction of sp³-hybridized carbons (Fsp3) is 0.440. The molecule has 0 fully saturated rings. The lowest BCUT2D eigenvalue weighted by Crippen LogP contribution is -2.58. The van der Waals surface area contributed by atoms with Crippen LogP contribution in [0, 0.1) is 5.92 Å². The van der Waals surface area contributed by atoms with Gasteiger partial charge in [0.2, 0.25) is 29.5 Å². The van der Waals surface area contributed by atoms with Gasteiger partial charge in [-0.25, -0.2) is 4.79 Å². The molecule has 0 saturated heterocycles. The molecule has 1 aromatic carbocycles. The van der Waals surface area contributed by atoms with Crippen LogP contribution in [-0.4, -0.2) is 69.8 Å². The fourth-order valence-electron chi connectivity index (χ4n) is 3.91. The van der Waals surface area contributed by atoms with Gasteiger partial charge in [0.1, 0.15) is 18.1 Å². The first-order chi connectivity index (χ1) is 18.3. The number of carbonyl (C=O) groups is 6. The number of H-pyrrole nitrogens is 1. The third kappa shape index (κ3) is 9.10. The number of nitrogens with one attached hydrogen (secondary N) is 4. The Kier molecular flexibility index (Phi) is 11.0. The number of rotatable bonds is 15. The van der Waals surface area contributed by atoms with E-state index in [1.807, 2.05) is 24.3 Å². The van der Waals surface area contributed by atoms with Gasteiger partial charge < -0.3 is 43.2 Å². The SMILES string of the molecule is CC(C)C(NC(=O)C(CC(N)=O)NC(=O)C(CCC(N)=O)NC(=O)C(N)Cc1c[nH]c2ccccc12)C(=O)O. The molecule has 4 unspecified atom stereocenters. The highest BCUT2D eigenvalue weighted by molar-refractivity contribution is 5.96. The Hall–Kier alpha value is -4.46. The first kappa shape index (κ1) is 30.8. The number of aromatic amines is 1. The highest BCUT2D eigenvalue weighted by atomic mass is 16.4. The third-order valence-corrected chi connectivity index (χ3v) is 6.03. The molecule has 14 nitrogen and oxygen atoms in total. The van der Waals surface area contributed by atoms with Crippen LogP contribution in [0.25, 0.3) is 10.9 Å². The maximum absolute atomic E-state index is 13.1. The van der Waals surface area contributed by atoms with Crippen LogP contribution in [0.3, 0.4) is 0 Å². The number of hydrogen-bond acceptors (Lipinski definition) is 7. The maximum Gasteiger partial charge on any atom is 0.326 e. The molecule has 2 rings (SSSR count). The number of aromatic nitrogens is 1. The monoisotopic (exact) mass is 545 g/mol. The molecule has 39 heavy (non-hydrogen) atoms. The second kappa shape index (κ2) is 13.9. The molecule has 0 spiro atoms. The number of primary amides is 2. The molecule has 2 aromatic rings. The Morgan fingerprint density at radius 2 is 1.51 bits per heavy atom. The van der Waals surface area contributed by atoms with Gasteiger partial charge in [0, 0.05) is 23.5 Å². The number of carboxylic acid groups (broad SMARTS) is 1. The Morgan fingerprint density at radius 3 is 2.10 bits per heavy atom. The Labute approximate surface area is 224 Å². The van der Waals surface area contributed by atoms with Gasteiger partial charge in [0.05, 0.1) is 12.5 Å². The predicted molar refractivity (Wildman–Crippen MR) is 140 cm³/mol. The summed E-state index contributed by atoms with van der Waals surface area (Å²) in [5.74, 6) is -6.06. The first-order valence-corrected chi connectivity index (χ1v) is 12.3. The van der Waals surface area contributed by atoms with Crippen molar-refractivity contribution in [3.05, 3.63) is 36.0 Å². The lowest BCUT2D eigenvalue weighted by atomic mass is 10.0. The summed E-state index contributed by atoms with van der Waals surface area (Å²) in [4.78, 5) is 76.2. The lowest BCUT2D eigenvalue weighted by molar-refractivity contribution is -0.143. The summed E-state index contributed by atoms with van der Waals surface area (Å²) in [6.45, 7) is 3.13. The molecule has 0 aliphatic carbocycles. The van der Waals surface area contributed by atoms with Gasteiger partial charge in [-0.15, -0.1) is 0 Å². The zero-order valence-electron chi connectivity index (χ0n) is 21.7. The van der Waals surface area contributed by atoms with Crippen molar-refractivity contribution in [3.8, 4) is 0 Å². The number of fused-ring (bicyclic) bond motifs is 1. The summed E-state index contributed by atoms with van der Waals surface area (Å²) in [5, 5.41) is 17.3. The van der Waals surface area contributed by atoms with Crippen LogP contribution in [0.15, 0.2) is 30.5 Å². The van der Waals surface area contributed by atoms with Gasteiger partial charge in [0.25, 0.3) is 0 Å². The van der Waals surface area contributed by atoms with Crippen LogP contribution in [0.2, 0.25) is 0 Å². The number of carbonyl (C=O) groups excluding carboxylic acids is 5. The van der Waals surface area contributed by atoms with E-state index in [1.54, 1.807) is 20.0 Å². The Bertz CT molecular complexity index is 1230. The molecule has 1 aromatic heterocycles. The average molecular weight is 546 g/mol. The smallest absolute Gasteiger partial charge is 0.326 e. The quantitative estimate of drug-likeness (QED) is 0.129. The summed E-state index contributed by atoms with van der Waals surface area (Å²) in [7, 11) is 0. The van der Waals surface area contributed by atoms with Crippen LogP contribution in [0.4, 0.5) is 0 Å². The van der Waals surface area contributed by atoms with Crippen LogP contribution >= 0.6 is 0 Å². The van der Waals surface area contributed by atoms with Crippen LogP contribution in [-0.2, 0) is 35.2 Å². The lowest BCUT2D eigenvalue weighted by Gasteiger charge is -2.25. The minimum atomic E-state index is -1.54. The topological polar surface area (TPSA) is 253 Å². The van der Waals surface area contributed by atoms with E-state index in [0.717, 1.165) is 16.5 Å². The van der Waals surface area contributed by atoms with Crippen molar-refractivity contribution in [2.45, 2.75) is 63.7 Å². The molecule has 0 aliphatic heterocycles. The van der Waals surface area contributed by atoms with Crippen LogP contribution in [0.1, 0.15) is 38.7 Å². The van der Waals surface area contributed by atoms with Crippen molar-refractivity contribution >= 4 is 46.4 Å². The van der Waals surface area contributed by atoms with Crippen LogP contribution in [0.5, 0.6) is 0 Å². The number of hydrogen-bond donors (Lipinski definition) is 8. The predicted octanol–water partition coefficient (Wildman–Crippen LogP) is -1.63. The number of carboxylic acids is 1. The molecule has 5 amide bonds. The summed E-state index contributed by atoms with van der Waals surface area (Å²) >= 11 is 0. The molecule has 212 valence electrons. The van der Waals surface area contributed by atoms with Crippen molar-refractivity contribution in [2.75, 3.05) is 0 Å². The number of benzene rings is 1. The highest BCUT2D eigenvalue weighted by Gasteiger charge is 2.32. The van der Waals surface area contributed by atoms with Gasteiger partial charge in [-0.05, 0) is 30.4 Å². The van der Waals surface area contributed by atoms with Gasteiger partial charge >= 0.3 is 5.97 Å². The zero-order chi connectivity index (χ0) is 29.3. The summed E-state index contributed by atoms with van der Waals surface area (Å²) in [6.07, 6.45) is 0.722. The molecular weight excluding hydrogens is 510 g/mol. The van der Waals surface area contributed by atoms with E-state index in [1.165, 1.54) is 0 Å². The molecule has 14 heteroatoms. The highest BCUT2D eigenvalue weighted by Crippen LogP contribution is 2.19. The number of nitrogens with two attached hydrogens (primary N) is 3. The minimum absolute atomic E-state index is 0.137. The largest absolute Gasteiger partial charge is 0.480 e. The minimum Gasteiger partial charge on any atom is -0.480 e. The molecular formula is C25H35N7O7. The van der Waals surface area contributed by atoms with Crippen molar-refractivity contribution < 1.29 is 33.9 Å². The average Bonchev–Trinajstić information content (AvgIpc) is 3.26. The van der Waals surface area contributed by atoms with Crippen molar-refractivity contribution in [3.63, 3.8) is 0 Å². The summed E-state index contributed by atoms with van der Waals surface area (Å²) in [5.41, 5.74) is 18.2. The standard InChI is InChI=1S/C25H35N7O7/c1-12(2)21(25(38)39)32-24(37)18(10-20(28)34)31-23(36)17(7-8-19(27)33)30-22(35)15(26)9-13-11-29-16-6-4-3-5-14(13)16/h3-6,11-12,15,17-18,21,29H,7-10,26H2,1-2H3,(H2,27,33)(H2,28,34)(H,30,35)(H,31,36)(H,32,37)(H,38,39). The molecule has 1 heterocycles. The third-order valence-electron chi connectivity index (χ3n) is 6.03. The van der Waals surface area contributed by atoms with Gasteiger partial charge in [-0.1, -0.05) is 32.0 Å². The van der Waals surface area contributed by atoms with E-state index >= 15 is 0 Å². The van der Waals surface area contributed by atoms with E-state index in [4.69, 9.17) is 17.2 Å².